The third kappa shape index (κ3) is 4.85. The van der Waals surface area contributed by atoms with Gasteiger partial charge in [-0.1, -0.05) is 15.9 Å². The molecule has 0 spiro atoms. The van der Waals surface area contributed by atoms with Crippen molar-refractivity contribution >= 4 is 27.7 Å². The monoisotopic (exact) mass is 394 g/mol. The number of rotatable bonds is 7. The van der Waals surface area contributed by atoms with Gasteiger partial charge < -0.3 is 10.2 Å². The Morgan fingerprint density at radius 1 is 1.25 bits per heavy atom. The average molecular weight is 395 g/mol. The van der Waals surface area contributed by atoms with E-state index in [0.717, 1.165) is 10.0 Å². The summed E-state index contributed by atoms with van der Waals surface area (Å²) in [5, 5.41) is 14.7. The highest BCUT2D eigenvalue weighted by Gasteiger charge is 2.17. The Morgan fingerprint density at radius 2 is 1.96 bits per heavy atom. The molecule has 8 nitrogen and oxygen atoms in total. The van der Waals surface area contributed by atoms with E-state index in [1.807, 2.05) is 38.1 Å². The minimum atomic E-state index is -0.233. The van der Waals surface area contributed by atoms with Crippen LogP contribution in [0.4, 0.5) is 0 Å². The van der Waals surface area contributed by atoms with Gasteiger partial charge in [-0.25, -0.2) is 0 Å². The Labute approximate surface area is 148 Å². The minimum Gasteiger partial charge on any atom is -0.355 e. The number of tetrazole rings is 1. The predicted molar refractivity (Wildman–Crippen MR) is 91.9 cm³/mol. The Morgan fingerprint density at radius 3 is 2.58 bits per heavy atom. The van der Waals surface area contributed by atoms with E-state index in [0.29, 0.717) is 18.9 Å². The van der Waals surface area contributed by atoms with Gasteiger partial charge in [0.15, 0.2) is 0 Å². The summed E-state index contributed by atoms with van der Waals surface area (Å²) < 4.78 is 0.956. The summed E-state index contributed by atoms with van der Waals surface area (Å²) >= 11 is 3.37. The highest BCUT2D eigenvalue weighted by atomic mass is 79.9. The summed E-state index contributed by atoms with van der Waals surface area (Å²) in [5.41, 5.74) is 0.812. The number of halogens is 1. The minimum absolute atomic E-state index is 0.0252. The van der Waals surface area contributed by atoms with Gasteiger partial charge in [0.05, 0.1) is 6.54 Å². The first-order chi connectivity index (χ1) is 11.5. The van der Waals surface area contributed by atoms with Crippen LogP contribution in [0.1, 0.15) is 13.8 Å². The van der Waals surface area contributed by atoms with E-state index in [1.165, 1.54) is 9.70 Å². The maximum Gasteiger partial charge on any atom is 0.246 e. The van der Waals surface area contributed by atoms with Crippen molar-refractivity contribution in [2.24, 2.45) is 0 Å². The Bertz CT molecular complexity index is 700. The van der Waals surface area contributed by atoms with Gasteiger partial charge in [0.1, 0.15) is 6.54 Å². The van der Waals surface area contributed by atoms with Gasteiger partial charge in [0.25, 0.3) is 0 Å². The van der Waals surface area contributed by atoms with Crippen LogP contribution in [-0.4, -0.2) is 56.6 Å². The zero-order chi connectivity index (χ0) is 17.5. The van der Waals surface area contributed by atoms with Crippen molar-refractivity contribution in [1.29, 1.82) is 0 Å². The number of nitrogens with zero attached hydrogens (tertiary/aromatic N) is 5. The van der Waals surface area contributed by atoms with Crippen LogP contribution in [0.25, 0.3) is 11.4 Å². The lowest BCUT2D eigenvalue weighted by Gasteiger charge is -2.19. The molecule has 0 fully saturated rings. The molecule has 0 radical (unpaired) electrons. The fourth-order valence-corrected chi connectivity index (χ4v) is 2.31. The van der Waals surface area contributed by atoms with Crippen LogP contribution in [-0.2, 0) is 16.1 Å². The lowest BCUT2D eigenvalue weighted by Crippen LogP contribution is -2.42. The molecule has 0 unspecified atom stereocenters. The molecule has 0 aliphatic heterocycles. The van der Waals surface area contributed by atoms with Crippen LogP contribution in [0.3, 0.4) is 0 Å². The van der Waals surface area contributed by atoms with Gasteiger partial charge in [-0.2, -0.15) is 4.80 Å². The number of carbonyl (C=O) groups excluding carboxylic acids is 2. The molecule has 1 aromatic carbocycles. The molecule has 1 aromatic heterocycles. The van der Waals surface area contributed by atoms with E-state index < -0.39 is 0 Å². The molecular weight excluding hydrogens is 376 g/mol. The number of benzene rings is 1. The summed E-state index contributed by atoms with van der Waals surface area (Å²) in [6.45, 7) is 4.59. The van der Waals surface area contributed by atoms with E-state index in [4.69, 9.17) is 0 Å². The molecule has 0 atom stereocenters. The van der Waals surface area contributed by atoms with Crippen molar-refractivity contribution < 1.29 is 9.59 Å². The maximum atomic E-state index is 12.3. The molecule has 0 bridgehead atoms. The summed E-state index contributed by atoms with van der Waals surface area (Å²) in [7, 11) is 0. The number of nitrogens with one attached hydrogen (secondary N) is 1. The maximum absolute atomic E-state index is 12.3. The molecule has 1 N–H and O–H groups in total. The molecule has 24 heavy (non-hydrogen) atoms. The van der Waals surface area contributed by atoms with Crippen LogP contribution in [0.5, 0.6) is 0 Å². The first-order valence-electron chi connectivity index (χ1n) is 7.61. The lowest BCUT2D eigenvalue weighted by molar-refractivity contribution is -0.136. The second-order valence-corrected chi connectivity index (χ2v) is 5.93. The number of aromatic nitrogens is 4. The molecule has 128 valence electrons. The van der Waals surface area contributed by atoms with Crippen molar-refractivity contribution in [2.75, 3.05) is 19.6 Å². The molecule has 0 aliphatic carbocycles. The molecule has 1 heterocycles. The molecule has 9 heteroatoms. The largest absolute Gasteiger partial charge is 0.355 e. The van der Waals surface area contributed by atoms with Crippen LogP contribution in [0.15, 0.2) is 28.7 Å². The molecule has 0 aliphatic rings. The van der Waals surface area contributed by atoms with Crippen molar-refractivity contribution in [3.63, 3.8) is 0 Å². The van der Waals surface area contributed by atoms with Crippen molar-refractivity contribution in [1.82, 2.24) is 30.4 Å². The summed E-state index contributed by atoms with van der Waals surface area (Å²) in [4.78, 5) is 26.6. The second-order valence-electron chi connectivity index (χ2n) is 5.01. The van der Waals surface area contributed by atoms with E-state index in [1.54, 1.807) is 0 Å². The zero-order valence-corrected chi connectivity index (χ0v) is 15.2. The van der Waals surface area contributed by atoms with Gasteiger partial charge in [-0.15, -0.1) is 10.2 Å². The standard InChI is InChI=1S/C15H19BrN6O2/c1-3-17-13(23)9-21(4-2)14(24)10-22-19-15(18-20-22)11-5-7-12(16)8-6-11/h5-8H,3-4,9-10H2,1-2H3,(H,17,23). The highest BCUT2D eigenvalue weighted by Crippen LogP contribution is 2.17. The van der Waals surface area contributed by atoms with E-state index >= 15 is 0 Å². The molecule has 0 saturated carbocycles. The van der Waals surface area contributed by atoms with Gasteiger partial charge in [-0.05, 0) is 43.3 Å². The lowest BCUT2D eigenvalue weighted by atomic mass is 10.2. The number of likely N-dealkylation sites (N-methyl/N-ethyl adjacent to an activating group) is 2. The summed E-state index contributed by atoms with van der Waals surface area (Å²) in [5.74, 6) is 0.0281. The Kier molecular flexibility index (Phi) is 6.42. The van der Waals surface area contributed by atoms with Crippen molar-refractivity contribution in [2.45, 2.75) is 20.4 Å². The number of hydrogen-bond donors (Lipinski definition) is 1. The normalized spacial score (nSPS) is 10.5. The van der Waals surface area contributed by atoms with E-state index in [2.05, 4.69) is 36.7 Å². The van der Waals surface area contributed by atoms with Crippen LogP contribution < -0.4 is 5.32 Å². The highest BCUT2D eigenvalue weighted by molar-refractivity contribution is 9.10. The summed E-state index contributed by atoms with van der Waals surface area (Å²) in [6.07, 6.45) is 0. The van der Waals surface area contributed by atoms with E-state index in [-0.39, 0.29) is 24.9 Å². The molecule has 0 saturated heterocycles. The Hall–Kier alpha value is -2.29. The van der Waals surface area contributed by atoms with Crippen LogP contribution >= 0.6 is 15.9 Å². The first kappa shape index (κ1) is 18.1. The van der Waals surface area contributed by atoms with Gasteiger partial charge >= 0.3 is 0 Å². The third-order valence-electron chi connectivity index (χ3n) is 3.27. The van der Waals surface area contributed by atoms with E-state index in [9.17, 15) is 9.59 Å². The van der Waals surface area contributed by atoms with Gasteiger partial charge in [0.2, 0.25) is 17.6 Å². The predicted octanol–water partition coefficient (Wildman–Crippen LogP) is 1.09. The number of hydrogen-bond acceptors (Lipinski definition) is 5. The molecular formula is C15H19BrN6O2. The quantitative estimate of drug-likeness (QED) is 0.758. The Balaban J connectivity index is 2.01. The average Bonchev–Trinajstić information content (AvgIpc) is 3.02. The SMILES string of the molecule is CCNC(=O)CN(CC)C(=O)Cn1nnc(-c2ccc(Br)cc2)n1. The van der Waals surface area contributed by atoms with Crippen LogP contribution in [0, 0.1) is 0 Å². The molecule has 2 aromatic rings. The summed E-state index contributed by atoms with van der Waals surface area (Å²) in [6, 6.07) is 7.49. The second kappa shape index (κ2) is 8.53. The fourth-order valence-electron chi connectivity index (χ4n) is 2.05. The third-order valence-corrected chi connectivity index (χ3v) is 3.80. The number of amides is 2. The first-order valence-corrected chi connectivity index (χ1v) is 8.41. The van der Waals surface area contributed by atoms with Crippen molar-refractivity contribution in [3.8, 4) is 11.4 Å². The molecule has 2 rings (SSSR count). The smallest absolute Gasteiger partial charge is 0.246 e. The van der Waals surface area contributed by atoms with Crippen molar-refractivity contribution in [3.05, 3.63) is 28.7 Å². The number of carbonyl (C=O) groups is 2. The topological polar surface area (TPSA) is 93.0 Å². The zero-order valence-electron chi connectivity index (χ0n) is 13.6. The van der Waals surface area contributed by atoms with Gasteiger partial charge in [0, 0.05) is 23.1 Å². The molecule has 2 amide bonds. The fraction of sp³-hybridized carbons (Fsp3) is 0.400. The van der Waals surface area contributed by atoms with Crippen LogP contribution in [0.2, 0.25) is 0 Å². The van der Waals surface area contributed by atoms with Gasteiger partial charge in [-0.3, -0.25) is 9.59 Å².